The van der Waals surface area contributed by atoms with Crippen LogP contribution in [0, 0.1) is 0 Å². The van der Waals surface area contributed by atoms with E-state index in [9.17, 15) is 0 Å². The molecule has 0 bridgehead atoms. The average Bonchev–Trinajstić information content (AvgIpc) is 2.38. The van der Waals surface area contributed by atoms with E-state index in [0.717, 1.165) is 18.6 Å². The highest BCUT2D eigenvalue weighted by molar-refractivity contribution is 6.29. The van der Waals surface area contributed by atoms with Gasteiger partial charge in [-0.15, -0.1) is 0 Å². The van der Waals surface area contributed by atoms with Crippen LogP contribution in [0.15, 0.2) is 48.7 Å². The lowest BCUT2D eigenvalue weighted by atomic mass is 10.1. The van der Waals surface area contributed by atoms with Crippen molar-refractivity contribution in [1.82, 2.24) is 4.98 Å². The summed E-state index contributed by atoms with van der Waals surface area (Å²) < 4.78 is 5.56. The third-order valence-electron chi connectivity index (χ3n) is 2.42. The number of aryl methyl sites for hydroxylation is 1. The Labute approximate surface area is 106 Å². The lowest BCUT2D eigenvalue weighted by molar-refractivity contribution is 0.310. The highest BCUT2D eigenvalue weighted by Crippen LogP contribution is 2.12. The molecule has 1 heterocycles. The number of hydrogen-bond donors (Lipinski definition) is 0. The fourth-order valence-corrected chi connectivity index (χ4v) is 1.67. The lowest BCUT2D eigenvalue weighted by Gasteiger charge is -2.05. The Morgan fingerprint density at radius 1 is 1.06 bits per heavy atom. The molecule has 1 aromatic heterocycles. The number of ether oxygens (including phenoxy) is 1. The molecule has 0 aliphatic heterocycles. The third-order valence-corrected chi connectivity index (χ3v) is 2.65. The lowest BCUT2D eigenvalue weighted by Crippen LogP contribution is -1.99. The van der Waals surface area contributed by atoms with Crippen LogP contribution >= 0.6 is 11.6 Å². The van der Waals surface area contributed by atoms with Gasteiger partial charge in [-0.2, -0.15) is 0 Å². The van der Waals surface area contributed by atoms with E-state index in [-0.39, 0.29) is 0 Å². The zero-order valence-corrected chi connectivity index (χ0v) is 10.2. The quantitative estimate of drug-likeness (QED) is 0.593. The molecule has 0 unspecified atom stereocenters. The van der Waals surface area contributed by atoms with E-state index in [2.05, 4.69) is 29.2 Å². The Morgan fingerprint density at radius 3 is 2.59 bits per heavy atom. The minimum Gasteiger partial charge on any atom is -0.492 e. The van der Waals surface area contributed by atoms with Crippen molar-refractivity contribution in [3.05, 3.63) is 59.4 Å². The van der Waals surface area contributed by atoms with Crippen LogP contribution in [-0.2, 0) is 6.42 Å². The first-order valence-corrected chi connectivity index (χ1v) is 6.01. The SMILES string of the molecule is Clc1ccc(OCCCc2ccccc2)cn1. The number of benzene rings is 1. The molecule has 0 atom stereocenters. The number of hydrogen-bond acceptors (Lipinski definition) is 2. The van der Waals surface area contributed by atoms with Crippen molar-refractivity contribution in [2.24, 2.45) is 0 Å². The predicted molar refractivity (Wildman–Crippen MR) is 69.5 cm³/mol. The molecule has 0 N–H and O–H groups in total. The van der Waals surface area contributed by atoms with Crippen molar-refractivity contribution in [2.75, 3.05) is 6.61 Å². The van der Waals surface area contributed by atoms with E-state index < -0.39 is 0 Å². The van der Waals surface area contributed by atoms with Gasteiger partial charge in [0.05, 0.1) is 12.8 Å². The monoisotopic (exact) mass is 247 g/mol. The molecular weight excluding hydrogens is 234 g/mol. The van der Waals surface area contributed by atoms with Gasteiger partial charge >= 0.3 is 0 Å². The molecule has 0 saturated carbocycles. The highest BCUT2D eigenvalue weighted by atomic mass is 35.5. The smallest absolute Gasteiger partial charge is 0.137 e. The van der Waals surface area contributed by atoms with E-state index in [1.807, 2.05) is 12.1 Å². The molecule has 0 aliphatic carbocycles. The van der Waals surface area contributed by atoms with E-state index >= 15 is 0 Å². The van der Waals surface area contributed by atoms with Crippen LogP contribution in [0.2, 0.25) is 5.15 Å². The summed E-state index contributed by atoms with van der Waals surface area (Å²) >= 11 is 5.69. The molecule has 0 spiro atoms. The fraction of sp³-hybridized carbons (Fsp3) is 0.214. The maximum Gasteiger partial charge on any atom is 0.137 e. The van der Waals surface area contributed by atoms with E-state index in [1.165, 1.54) is 5.56 Å². The second kappa shape index (κ2) is 6.26. The number of aromatic nitrogens is 1. The van der Waals surface area contributed by atoms with Crippen LogP contribution in [0.3, 0.4) is 0 Å². The van der Waals surface area contributed by atoms with Gasteiger partial charge in [-0.1, -0.05) is 41.9 Å². The fourth-order valence-electron chi connectivity index (χ4n) is 1.56. The van der Waals surface area contributed by atoms with Gasteiger partial charge in [-0.3, -0.25) is 0 Å². The largest absolute Gasteiger partial charge is 0.492 e. The standard InChI is InChI=1S/C14H14ClNO/c15-14-9-8-13(11-16-14)17-10-4-7-12-5-2-1-3-6-12/h1-3,5-6,8-9,11H,4,7,10H2. The molecule has 17 heavy (non-hydrogen) atoms. The van der Waals surface area contributed by atoms with Crippen molar-refractivity contribution in [2.45, 2.75) is 12.8 Å². The number of rotatable bonds is 5. The summed E-state index contributed by atoms with van der Waals surface area (Å²) in [5, 5.41) is 0.488. The van der Waals surface area contributed by atoms with Crippen molar-refractivity contribution >= 4 is 11.6 Å². The number of halogens is 1. The normalized spacial score (nSPS) is 10.2. The summed E-state index contributed by atoms with van der Waals surface area (Å²) in [6, 6.07) is 14.0. The zero-order valence-electron chi connectivity index (χ0n) is 9.47. The average molecular weight is 248 g/mol. The van der Waals surface area contributed by atoms with Crippen molar-refractivity contribution in [1.29, 1.82) is 0 Å². The van der Waals surface area contributed by atoms with E-state index in [1.54, 1.807) is 12.3 Å². The number of pyridine rings is 1. The maximum atomic E-state index is 5.69. The molecule has 0 fully saturated rings. The summed E-state index contributed by atoms with van der Waals surface area (Å²) in [7, 11) is 0. The Hall–Kier alpha value is -1.54. The molecule has 0 amide bonds. The van der Waals surface area contributed by atoms with E-state index in [0.29, 0.717) is 11.8 Å². The molecule has 1 aromatic carbocycles. The topological polar surface area (TPSA) is 22.1 Å². The highest BCUT2D eigenvalue weighted by Gasteiger charge is 1.96. The first kappa shape index (κ1) is 11.9. The van der Waals surface area contributed by atoms with Crippen molar-refractivity contribution < 1.29 is 4.74 Å². The first-order chi connectivity index (χ1) is 8.34. The van der Waals surface area contributed by atoms with Crippen LogP contribution in [0.5, 0.6) is 5.75 Å². The van der Waals surface area contributed by atoms with Gasteiger partial charge in [0.25, 0.3) is 0 Å². The summed E-state index contributed by atoms with van der Waals surface area (Å²) in [4.78, 5) is 3.96. The van der Waals surface area contributed by atoms with Crippen LogP contribution < -0.4 is 4.74 Å². The van der Waals surface area contributed by atoms with Crippen LogP contribution in [-0.4, -0.2) is 11.6 Å². The second-order valence-electron chi connectivity index (χ2n) is 3.75. The molecule has 88 valence electrons. The zero-order chi connectivity index (χ0) is 11.9. The molecule has 0 saturated heterocycles. The van der Waals surface area contributed by atoms with Crippen LogP contribution in [0.25, 0.3) is 0 Å². The molecule has 2 nitrogen and oxygen atoms in total. The molecule has 3 heteroatoms. The van der Waals surface area contributed by atoms with Gasteiger partial charge in [0, 0.05) is 0 Å². The number of nitrogens with zero attached hydrogens (tertiary/aromatic N) is 1. The summed E-state index contributed by atoms with van der Waals surface area (Å²) in [5.41, 5.74) is 1.34. The molecule has 0 radical (unpaired) electrons. The summed E-state index contributed by atoms with van der Waals surface area (Å²) in [6.07, 6.45) is 3.67. The Kier molecular flexibility index (Phi) is 4.39. The summed E-state index contributed by atoms with van der Waals surface area (Å²) in [6.45, 7) is 0.693. The molecule has 2 rings (SSSR count). The van der Waals surface area contributed by atoms with Gasteiger partial charge < -0.3 is 4.74 Å². The Morgan fingerprint density at radius 2 is 1.88 bits per heavy atom. The van der Waals surface area contributed by atoms with Gasteiger partial charge in [0.1, 0.15) is 10.9 Å². The third kappa shape index (κ3) is 4.08. The minimum atomic E-state index is 0.488. The molecule has 0 aliphatic rings. The van der Waals surface area contributed by atoms with Gasteiger partial charge in [-0.25, -0.2) is 4.98 Å². The van der Waals surface area contributed by atoms with Crippen molar-refractivity contribution in [3.8, 4) is 5.75 Å². The second-order valence-corrected chi connectivity index (χ2v) is 4.14. The molecular formula is C14H14ClNO. The Balaban J connectivity index is 1.71. The summed E-state index contributed by atoms with van der Waals surface area (Å²) in [5.74, 6) is 0.766. The van der Waals surface area contributed by atoms with Gasteiger partial charge in [0.15, 0.2) is 0 Å². The Bertz CT molecular complexity index is 442. The van der Waals surface area contributed by atoms with E-state index in [4.69, 9.17) is 16.3 Å². The van der Waals surface area contributed by atoms with Gasteiger partial charge in [0.2, 0.25) is 0 Å². The predicted octanol–water partition coefficient (Wildman–Crippen LogP) is 3.75. The molecule has 2 aromatic rings. The first-order valence-electron chi connectivity index (χ1n) is 5.63. The van der Waals surface area contributed by atoms with Crippen LogP contribution in [0.4, 0.5) is 0 Å². The van der Waals surface area contributed by atoms with Crippen molar-refractivity contribution in [3.63, 3.8) is 0 Å². The van der Waals surface area contributed by atoms with Crippen LogP contribution in [0.1, 0.15) is 12.0 Å². The maximum absolute atomic E-state index is 5.69. The minimum absolute atomic E-state index is 0.488. The van der Waals surface area contributed by atoms with Gasteiger partial charge in [-0.05, 0) is 30.5 Å².